The molecule has 5 rings (SSSR count). The van der Waals surface area contributed by atoms with E-state index in [1.807, 2.05) is 24.3 Å². The molecule has 0 unspecified atom stereocenters. The van der Waals surface area contributed by atoms with Crippen LogP contribution in [0.25, 0.3) is 22.5 Å². The number of para-hydroxylation sites is 1. The van der Waals surface area contributed by atoms with Crippen molar-refractivity contribution in [3.05, 3.63) is 113 Å². The highest BCUT2D eigenvalue weighted by molar-refractivity contribution is 6.30. The fraction of sp³-hybridized carbons (Fsp3) is 0. The van der Waals surface area contributed by atoms with E-state index in [2.05, 4.69) is 10.1 Å². The Labute approximate surface area is 193 Å². The van der Waals surface area contributed by atoms with E-state index in [9.17, 15) is 9.90 Å². The van der Waals surface area contributed by atoms with Crippen LogP contribution in [0.15, 0.2) is 103 Å². The maximum atomic E-state index is 13.4. The van der Waals surface area contributed by atoms with Gasteiger partial charge in [0, 0.05) is 23.0 Å². The minimum absolute atomic E-state index is 0.0910. The summed E-state index contributed by atoms with van der Waals surface area (Å²) in [6.07, 6.45) is 6.42. The Morgan fingerprint density at radius 1 is 0.939 bits per heavy atom. The van der Waals surface area contributed by atoms with Crippen molar-refractivity contribution in [2.45, 2.75) is 0 Å². The Balaban J connectivity index is 1.56. The van der Waals surface area contributed by atoms with Crippen LogP contribution in [0.5, 0.6) is 17.2 Å². The number of hydrogen-bond donors (Lipinski definition) is 1. The number of aromatic hydroxyl groups is 1. The van der Waals surface area contributed by atoms with E-state index in [0.29, 0.717) is 27.7 Å². The fourth-order valence-electron chi connectivity index (χ4n) is 3.42. The molecule has 0 radical (unpaired) electrons. The van der Waals surface area contributed by atoms with Crippen LogP contribution in [-0.4, -0.2) is 24.4 Å². The first-order chi connectivity index (χ1) is 16.1. The summed E-state index contributed by atoms with van der Waals surface area (Å²) in [4.78, 5) is 17.4. The highest BCUT2D eigenvalue weighted by Crippen LogP contribution is 2.31. The maximum Gasteiger partial charge on any atom is 0.316 e. The number of aromatic nitrogens is 4. The van der Waals surface area contributed by atoms with Crippen LogP contribution >= 0.6 is 11.6 Å². The molecule has 2 aromatic heterocycles. The van der Waals surface area contributed by atoms with Crippen LogP contribution in [0.3, 0.4) is 0 Å². The molecule has 33 heavy (non-hydrogen) atoms. The molecular weight excluding hydrogens is 440 g/mol. The van der Waals surface area contributed by atoms with Crippen molar-refractivity contribution in [1.29, 1.82) is 0 Å². The number of ether oxygens (including phenoxy) is 1. The molecule has 0 bridgehead atoms. The van der Waals surface area contributed by atoms with Gasteiger partial charge in [-0.2, -0.15) is 9.78 Å². The van der Waals surface area contributed by atoms with Crippen LogP contribution in [0.2, 0.25) is 5.02 Å². The molecule has 1 N–H and O–H groups in total. The van der Waals surface area contributed by atoms with Crippen LogP contribution in [0.1, 0.15) is 0 Å². The third-order valence-electron chi connectivity index (χ3n) is 5.06. The molecule has 0 saturated heterocycles. The average molecular weight is 457 g/mol. The van der Waals surface area contributed by atoms with Crippen molar-refractivity contribution in [3.63, 3.8) is 0 Å². The number of halogens is 1. The largest absolute Gasteiger partial charge is 0.507 e. The van der Waals surface area contributed by atoms with Gasteiger partial charge in [-0.25, -0.2) is 4.98 Å². The molecule has 5 aromatic rings. The lowest BCUT2D eigenvalue weighted by molar-refractivity contribution is 0.464. The van der Waals surface area contributed by atoms with Crippen molar-refractivity contribution in [2.24, 2.45) is 0 Å². The van der Waals surface area contributed by atoms with Gasteiger partial charge in [-0.05, 0) is 48.0 Å². The number of phenolic OH excluding ortho intramolecular Hbond substituents is 1. The smallest absolute Gasteiger partial charge is 0.316 e. The zero-order valence-electron chi connectivity index (χ0n) is 17.2. The molecule has 0 amide bonds. The normalized spacial score (nSPS) is 10.8. The first kappa shape index (κ1) is 20.5. The summed E-state index contributed by atoms with van der Waals surface area (Å²) in [6, 6.07) is 21.0. The zero-order valence-corrected chi connectivity index (χ0v) is 17.9. The molecule has 2 heterocycles. The van der Waals surface area contributed by atoms with E-state index >= 15 is 0 Å². The van der Waals surface area contributed by atoms with Crippen molar-refractivity contribution >= 4 is 11.6 Å². The Kier molecular flexibility index (Phi) is 5.38. The Bertz CT molecular complexity index is 1460. The molecule has 0 aliphatic carbocycles. The van der Waals surface area contributed by atoms with Crippen molar-refractivity contribution in [3.8, 4) is 39.8 Å². The van der Waals surface area contributed by atoms with Crippen LogP contribution in [-0.2, 0) is 0 Å². The van der Waals surface area contributed by atoms with Gasteiger partial charge in [-0.3, -0.25) is 4.79 Å². The lowest BCUT2D eigenvalue weighted by atomic mass is 10.0. The van der Waals surface area contributed by atoms with Crippen LogP contribution in [0.4, 0.5) is 0 Å². The molecule has 0 saturated carbocycles. The standard InChI is InChI=1S/C25H17ClN4O3/c26-18-7-9-19(10-8-18)30-25(32)24(22(15-28-30)29-14-13-27-16-29)33-20-11-5-17(6-12-20)21-3-1-2-4-23(21)31/h1-16,31H. The summed E-state index contributed by atoms with van der Waals surface area (Å²) in [7, 11) is 0. The summed E-state index contributed by atoms with van der Waals surface area (Å²) in [6.45, 7) is 0. The van der Waals surface area contributed by atoms with Gasteiger partial charge in [-0.1, -0.05) is 41.9 Å². The number of hydrogen-bond acceptors (Lipinski definition) is 5. The molecule has 162 valence electrons. The van der Waals surface area contributed by atoms with Crippen molar-refractivity contribution in [1.82, 2.24) is 19.3 Å². The van der Waals surface area contributed by atoms with Gasteiger partial charge in [0.2, 0.25) is 5.75 Å². The number of imidazole rings is 1. The van der Waals surface area contributed by atoms with E-state index in [4.69, 9.17) is 16.3 Å². The Morgan fingerprint density at radius 3 is 2.39 bits per heavy atom. The first-order valence-electron chi connectivity index (χ1n) is 10.0. The highest BCUT2D eigenvalue weighted by atomic mass is 35.5. The monoisotopic (exact) mass is 456 g/mol. The number of rotatable bonds is 5. The van der Waals surface area contributed by atoms with E-state index in [-0.39, 0.29) is 11.5 Å². The van der Waals surface area contributed by atoms with Gasteiger partial charge in [-0.15, -0.1) is 0 Å². The third kappa shape index (κ3) is 4.09. The second-order valence-corrected chi connectivity index (χ2v) is 7.60. The summed E-state index contributed by atoms with van der Waals surface area (Å²) in [5.41, 5.74) is 2.10. The second kappa shape index (κ2) is 8.64. The van der Waals surface area contributed by atoms with E-state index < -0.39 is 5.56 Å². The Morgan fingerprint density at radius 2 is 1.70 bits per heavy atom. The number of benzene rings is 3. The summed E-state index contributed by atoms with van der Waals surface area (Å²) in [5.74, 6) is 0.739. The predicted molar refractivity (Wildman–Crippen MR) is 126 cm³/mol. The summed E-state index contributed by atoms with van der Waals surface area (Å²) in [5, 5.41) is 15.0. The minimum atomic E-state index is -0.437. The molecule has 0 spiro atoms. The lowest BCUT2D eigenvalue weighted by Gasteiger charge is -2.14. The summed E-state index contributed by atoms with van der Waals surface area (Å²) < 4.78 is 8.97. The quantitative estimate of drug-likeness (QED) is 0.391. The molecule has 8 heteroatoms. The fourth-order valence-corrected chi connectivity index (χ4v) is 3.54. The van der Waals surface area contributed by atoms with Gasteiger partial charge in [0.25, 0.3) is 0 Å². The maximum absolute atomic E-state index is 13.4. The van der Waals surface area contributed by atoms with E-state index in [1.165, 1.54) is 4.68 Å². The molecule has 0 aliphatic rings. The van der Waals surface area contributed by atoms with E-state index in [1.54, 1.807) is 78.0 Å². The molecule has 0 atom stereocenters. The number of nitrogens with zero attached hydrogens (tertiary/aromatic N) is 4. The van der Waals surface area contributed by atoms with Gasteiger partial charge in [0.05, 0.1) is 18.2 Å². The zero-order chi connectivity index (χ0) is 22.8. The highest BCUT2D eigenvalue weighted by Gasteiger charge is 2.17. The minimum Gasteiger partial charge on any atom is -0.507 e. The van der Waals surface area contributed by atoms with Crippen molar-refractivity contribution in [2.75, 3.05) is 0 Å². The van der Waals surface area contributed by atoms with Crippen LogP contribution in [0, 0.1) is 0 Å². The van der Waals surface area contributed by atoms with Crippen LogP contribution < -0.4 is 10.3 Å². The molecule has 3 aromatic carbocycles. The molecule has 0 aliphatic heterocycles. The molecule has 7 nitrogen and oxygen atoms in total. The Hall–Kier alpha value is -4.36. The number of phenols is 1. The third-order valence-corrected chi connectivity index (χ3v) is 5.31. The second-order valence-electron chi connectivity index (χ2n) is 7.17. The van der Waals surface area contributed by atoms with Gasteiger partial charge in [0.15, 0.2) is 0 Å². The van der Waals surface area contributed by atoms with Gasteiger partial charge < -0.3 is 14.4 Å². The topological polar surface area (TPSA) is 82.2 Å². The lowest BCUT2D eigenvalue weighted by Crippen LogP contribution is -2.23. The predicted octanol–water partition coefficient (Wildman–Crippen LogP) is 5.24. The first-order valence-corrected chi connectivity index (χ1v) is 10.4. The summed E-state index contributed by atoms with van der Waals surface area (Å²) >= 11 is 5.98. The average Bonchev–Trinajstić information content (AvgIpc) is 3.37. The van der Waals surface area contributed by atoms with Crippen molar-refractivity contribution < 1.29 is 9.84 Å². The van der Waals surface area contributed by atoms with E-state index in [0.717, 1.165) is 5.56 Å². The SMILES string of the molecule is O=c1c(Oc2ccc(-c3ccccc3O)cc2)c(-n2ccnc2)cnn1-c1ccc(Cl)cc1. The van der Waals surface area contributed by atoms with Gasteiger partial charge in [0.1, 0.15) is 17.2 Å². The molecule has 0 fully saturated rings. The van der Waals surface area contributed by atoms with Gasteiger partial charge >= 0.3 is 5.56 Å². The molecular formula is C25H17ClN4O3.